The predicted molar refractivity (Wildman–Crippen MR) is 103 cm³/mol. The lowest BCUT2D eigenvalue weighted by Crippen LogP contribution is -2.35. The predicted octanol–water partition coefficient (Wildman–Crippen LogP) is 3.22. The number of hydrogen-bond donors (Lipinski definition) is 0. The van der Waals surface area contributed by atoms with Crippen molar-refractivity contribution in [2.75, 3.05) is 31.1 Å². The van der Waals surface area contributed by atoms with Gasteiger partial charge < -0.3 is 4.90 Å². The van der Waals surface area contributed by atoms with Gasteiger partial charge in [0.25, 0.3) is 5.69 Å². The Labute approximate surface area is 171 Å². The van der Waals surface area contributed by atoms with Crippen LogP contribution in [0, 0.1) is 17.0 Å². The lowest BCUT2D eigenvalue weighted by molar-refractivity contribution is -0.385. The average molecular weight is 444 g/mol. The first-order valence-corrected chi connectivity index (χ1v) is 10.5. The number of halogens is 3. The zero-order chi connectivity index (χ0) is 22.1. The average Bonchev–Trinajstić information content (AvgIpc) is 2.94. The first-order valence-electron chi connectivity index (χ1n) is 9.03. The molecule has 1 aromatic heterocycles. The minimum atomic E-state index is -4.48. The van der Waals surface area contributed by atoms with E-state index in [-0.39, 0.29) is 30.2 Å². The normalized spacial score (nSPS) is 16.3. The second-order valence-electron chi connectivity index (χ2n) is 6.85. The first kappa shape index (κ1) is 22.0. The van der Waals surface area contributed by atoms with Crippen molar-refractivity contribution in [1.82, 2.24) is 9.29 Å². The van der Waals surface area contributed by atoms with Gasteiger partial charge in [0.15, 0.2) is 0 Å². The molecule has 8 nitrogen and oxygen atoms in total. The minimum Gasteiger partial charge on any atom is -0.355 e. The van der Waals surface area contributed by atoms with Crippen LogP contribution in [0.1, 0.15) is 17.5 Å². The van der Waals surface area contributed by atoms with Gasteiger partial charge in [-0.2, -0.15) is 17.5 Å². The molecule has 0 radical (unpaired) electrons. The van der Waals surface area contributed by atoms with Crippen LogP contribution in [0.4, 0.5) is 24.7 Å². The Balaban J connectivity index is 1.79. The number of anilines is 1. The summed E-state index contributed by atoms with van der Waals surface area (Å²) in [5, 5.41) is 11.0. The van der Waals surface area contributed by atoms with Crippen molar-refractivity contribution in [3.05, 3.63) is 57.8 Å². The maximum absolute atomic E-state index is 13.1. The SMILES string of the molecule is Cc1ccc([N+](=O)[O-])cc1S(=O)(=O)N1CCCN(c2ccc(C(F)(F)F)cn2)CC1. The summed E-state index contributed by atoms with van der Waals surface area (Å²) in [4.78, 5) is 15.8. The molecule has 0 N–H and O–H groups in total. The number of nitro benzene ring substituents is 1. The van der Waals surface area contributed by atoms with Gasteiger partial charge in [0.1, 0.15) is 5.82 Å². The Morgan fingerprint density at radius 3 is 2.43 bits per heavy atom. The van der Waals surface area contributed by atoms with Gasteiger partial charge in [-0.3, -0.25) is 10.1 Å². The largest absolute Gasteiger partial charge is 0.417 e. The molecule has 0 saturated carbocycles. The van der Waals surface area contributed by atoms with Crippen molar-refractivity contribution < 1.29 is 26.5 Å². The summed E-state index contributed by atoms with van der Waals surface area (Å²) in [5.41, 5.74) is -0.776. The molecule has 2 heterocycles. The van der Waals surface area contributed by atoms with Gasteiger partial charge in [-0.25, -0.2) is 13.4 Å². The van der Waals surface area contributed by atoms with Crippen LogP contribution in [0.5, 0.6) is 0 Å². The van der Waals surface area contributed by atoms with Crippen molar-refractivity contribution in [2.45, 2.75) is 24.4 Å². The molecule has 3 rings (SSSR count). The number of benzene rings is 1. The molecule has 1 saturated heterocycles. The molecular weight excluding hydrogens is 425 g/mol. The van der Waals surface area contributed by atoms with Gasteiger partial charge in [-0.1, -0.05) is 6.07 Å². The van der Waals surface area contributed by atoms with Gasteiger partial charge in [-0.05, 0) is 31.0 Å². The van der Waals surface area contributed by atoms with Gasteiger partial charge in [-0.15, -0.1) is 0 Å². The Hall–Kier alpha value is -2.73. The minimum absolute atomic E-state index is 0.0766. The Morgan fingerprint density at radius 1 is 1.10 bits per heavy atom. The quantitative estimate of drug-likeness (QED) is 0.531. The maximum atomic E-state index is 13.1. The molecule has 0 unspecified atom stereocenters. The number of nitrogens with zero attached hydrogens (tertiary/aromatic N) is 4. The molecule has 0 bridgehead atoms. The summed E-state index contributed by atoms with van der Waals surface area (Å²) in [6.45, 7) is 2.46. The molecule has 30 heavy (non-hydrogen) atoms. The number of nitro groups is 1. The molecule has 1 fully saturated rings. The fourth-order valence-electron chi connectivity index (χ4n) is 3.22. The molecule has 1 aliphatic heterocycles. The lowest BCUT2D eigenvalue weighted by atomic mass is 10.2. The summed E-state index contributed by atoms with van der Waals surface area (Å²) >= 11 is 0. The van der Waals surface area contributed by atoms with Crippen molar-refractivity contribution in [3.8, 4) is 0 Å². The molecule has 2 aromatic rings. The van der Waals surface area contributed by atoms with E-state index in [1.165, 1.54) is 22.5 Å². The van der Waals surface area contributed by atoms with Crippen molar-refractivity contribution in [2.24, 2.45) is 0 Å². The second-order valence-corrected chi connectivity index (χ2v) is 8.76. The molecule has 0 amide bonds. The molecule has 1 aromatic carbocycles. The zero-order valence-corrected chi connectivity index (χ0v) is 16.8. The fourth-order valence-corrected chi connectivity index (χ4v) is 4.94. The standard InChI is InChI=1S/C18H19F3N4O4S/c1-13-3-5-15(25(26)27)11-16(13)30(28,29)24-8-2-7-23(9-10-24)17-6-4-14(12-22-17)18(19,20)21/h3-6,11-12H,2,7-10H2,1H3. The third-order valence-corrected chi connectivity index (χ3v) is 6.90. The monoisotopic (exact) mass is 444 g/mol. The summed E-state index contributed by atoms with van der Waals surface area (Å²) in [6.07, 6.45) is -3.30. The van der Waals surface area contributed by atoms with Crippen LogP contribution < -0.4 is 4.90 Å². The highest BCUT2D eigenvalue weighted by Gasteiger charge is 2.32. The van der Waals surface area contributed by atoms with Gasteiger partial charge in [0, 0.05) is 44.5 Å². The van der Waals surface area contributed by atoms with E-state index >= 15 is 0 Å². The van der Waals surface area contributed by atoms with Crippen molar-refractivity contribution in [1.29, 1.82) is 0 Å². The number of aromatic nitrogens is 1. The lowest BCUT2D eigenvalue weighted by Gasteiger charge is -2.23. The molecular formula is C18H19F3N4O4S. The second kappa shape index (κ2) is 8.19. The highest BCUT2D eigenvalue weighted by molar-refractivity contribution is 7.89. The highest BCUT2D eigenvalue weighted by atomic mass is 32.2. The van der Waals surface area contributed by atoms with E-state index in [1.54, 1.807) is 11.8 Å². The van der Waals surface area contributed by atoms with Crippen LogP contribution in [0.15, 0.2) is 41.4 Å². The van der Waals surface area contributed by atoms with Gasteiger partial charge in [0.05, 0.1) is 15.4 Å². The molecule has 0 spiro atoms. The number of non-ortho nitro benzene ring substituents is 1. The summed E-state index contributed by atoms with van der Waals surface area (Å²) in [6, 6.07) is 5.88. The third kappa shape index (κ3) is 4.54. The summed E-state index contributed by atoms with van der Waals surface area (Å²) < 4.78 is 65.5. The van der Waals surface area contributed by atoms with Crippen LogP contribution in [0.25, 0.3) is 0 Å². The van der Waals surface area contributed by atoms with Crippen LogP contribution in [-0.2, 0) is 16.2 Å². The van der Waals surface area contributed by atoms with Crippen LogP contribution >= 0.6 is 0 Å². The Kier molecular flexibility index (Phi) is 5.99. The first-order chi connectivity index (χ1) is 14.0. The van der Waals surface area contributed by atoms with E-state index in [1.807, 2.05) is 0 Å². The van der Waals surface area contributed by atoms with E-state index in [4.69, 9.17) is 0 Å². The molecule has 12 heteroatoms. The summed E-state index contributed by atoms with van der Waals surface area (Å²) in [7, 11) is -3.97. The van der Waals surface area contributed by atoms with Crippen LogP contribution in [-0.4, -0.2) is 48.8 Å². The van der Waals surface area contributed by atoms with Gasteiger partial charge in [0.2, 0.25) is 10.0 Å². The van der Waals surface area contributed by atoms with Crippen molar-refractivity contribution >= 4 is 21.5 Å². The number of rotatable bonds is 4. The maximum Gasteiger partial charge on any atom is 0.417 e. The van der Waals surface area contributed by atoms with E-state index in [9.17, 15) is 31.7 Å². The third-order valence-electron chi connectivity index (χ3n) is 4.85. The number of sulfonamides is 1. The van der Waals surface area contributed by atoms with Crippen LogP contribution in [0.2, 0.25) is 0 Å². The Morgan fingerprint density at radius 2 is 1.83 bits per heavy atom. The molecule has 1 aliphatic rings. The summed E-state index contributed by atoms with van der Waals surface area (Å²) in [5.74, 6) is 0.328. The van der Waals surface area contributed by atoms with Gasteiger partial charge >= 0.3 is 6.18 Å². The topological polar surface area (TPSA) is 96.6 Å². The van der Waals surface area contributed by atoms with E-state index < -0.39 is 26.7 Å². The fraction of sp³-hybridized carbons (Fsp3) is 0.389. The molecule has 0 aliphatic carbocycles. The number of pyridine rings is 1. The van der Waals surface area contributed by atoms with E-state index in [0.717, 1.165) is 18.3 Å². The molecule has 162 valence electrons. The smallest absolute Gasteiger partial charge is 0.355 e. The number of aryl methyl sites for hydroxylation is 1. The number of alkyl halides is 3. The van der Waals surface area contributed by atoms with Crippen LogP contribution in [0.3, 0.4) is 0 Å². The Bertz CT molecular complexity index is 1040. The van der Waals surface area contributed by atoms with E-state index in [0.29, 0.717) is 24.3 Å². The van der Waals surface area contributed by atoms with Crippen molar-refractivity contribution in [3.63, 3.8) is 0 Å². The molecule has 0 atom stereocenters. The zero-order valence-electron chi connectivity index (χ0n) is 16.0. The highest BCUT2D eigenvalue weighted by Crippen LogP contribution is 2.30. The van der Waals surface area contributed by atoms with E-state index in [2.05, 4.69) is 4.98 Å². The number of hydrogen-bond acceptors (Lipinski definition) is 6.